The fourth-order valence-electron chi connectivity index (χ4n) is 13.5. The van der Waals surface area contributed by atoms with E-state index in [2.05, 4.69) is 208 Å². The molecule has 0 spiro atoms. The summed E-state index contributed by atoms with van der Waals surface area (Å²) in [5.41, 5.74) is 29.2. The minimum Gasteiger partial charge on any atom is -0.456 e. The maximum atomic E-state index is 7.25. The Bertz CT molecular complexity index is 3630. The molecule has 15 rings (SSSR count). The third kappa shape index (κ3) is 4.94. The highest BCUT2D eigenvalue weighted by Gasteiger charge is 2.58. The highest BCUT2D eigenvalue weighted by Crippen LogP contribution is 2.57. The molecule has 0 amide bonds. The quantitative estimate of drug-likeness (QED) is 0.142. The Morgan fingerprint density at radius 2 is 0.739 bits per heavy atom. The standard InChI is InChI=1S/C62H55B3N2O2/c1-59(2,3)32-21-23-36-40-31-41-37-24-22-33(60(4,5)6)28-45(37)65-51-39-18-14-16-20-49(39)69-58(51)43-26-35(62(10,11)12)30-47-54(43)67(65)56(41)52-55(40)66-53-42(25-34(61(7,8)9)29-46(53)63(47)52)57-50(64(66)44(36)27-32)38-17-13-15-19-48(38)68-57/h13-31H,1-12H3. The normalized spacial score (nSPS) is 15.4. The first-order valence-corrected chi connectivity index (χ1v) is 25.3. The Balaban J connectivity index is 1.19. The van der Waals surface area contributed by atoms with Crippen LogP contribution in [0.3, 0.4) is 0 Å². The second-order valence-electron chi connectivity index (χ2n) is 25.3. The number of hydrogen-bond acceptors (Lipinski definition) is 4. The fraction of sp³-hybridized carbons (Fsp3) is 0.258. The summed E-state index contributed by atoms with van der Waals surface area (Å²) < 4.78 is 14.5. The summed E-state index contributed by atoms with van der Waals surface area (Å²) in [6.45, 7) is 28.1. The topological polar surface area (TPSA) is 32.8 Å². The second-order valence-corrected chi connectivity index (χ2v) is 25.3. The van der Waals surface area contributed by atoms with Gasteiger partial charge in [0.2, 0.25) is 0 Å². The molecule has 0 fully saturated rings. The van der Waals surface area contributed by atoms with Crippen molar-refractivity contribution in [2.75, 3.05) is 9.62 Å². The number of fused-ring (bicyclic) bond motifs is 18. The smallest absolute Gasteiger partial charge is 0.333 e. The molecule has 2 aromatic heterocycles. The maximum absolute atomic E-state index is 7.25. The molecule has 9 aromatic rings. The third-order valence-electron chi connectivity index (χ3n) is 17.0. The molecule has 69 heavy (non-hydrogen) atoms. The van der Waals surface area contributed by atoms with Crippen LogP contribution >= 0.6 is 0 Å². The van der Waals surface area contributed by atoms with Crippen LogP contribution in [0.15, 0.2) is 124 Å². The Kier molecular flexibility index (Phi) is 7.25. The van der Waals surface area contributed by atoms with E-state index in [1.165, 1.54) is 127 Å². The summed E-state index contributed by atoms with van der Waals surface area (Å²) in [5, 5.41) is 2.39. The van der Waals surface area contributed by atoms with Gasteiger partial charge in [0.25, 0.3) is 6.71 Å². The fourth-order valence-corrected chi connectivity index (χ4v) is 13.5. The lowest BCUT2D eigenvalue weighted by Gasteiger charge is -2.54. The Labute approximate surface area is 407 Å². The van der Waals surface area contributed by atoms with Crippen molar-refractivity contribution in [3.63, 3.8) is 0 Å². The Morgan fingerprint density at radius 1 is 0.348 bits per heavy atom. The van der Waals surface area contributed by atoms with Gasteiger partial charge in [-0.3, -0.25) is 0 Å². The van der Waals surface area contributed by atoms with Gasteiger partial charge in [0, 0.05) is 66.7 Å². The van der Waals surface area contributed by atoms with Crippen molar-refractivity contribution in [2.45, 2.75) is 105 Å². The monoisotopic (exact) mass is 892 g/mol. The highest BCUT2D eigenvalue weighted by molar-refractivity contribution is 7.06. The van der Waals surface area contributed by atoms with Crippen LogP contribution < -0.4 is 47.9 Å². The summed E-state index contributed by atoms with van der Waals surface area (Å²) in [4.78, 5) is 5.62. The molecule has 0 atom stereocenters. The average molecular weight is 893 g/mol. The summed E-state index contributed by atoms with van der Waals surface area (Å²) in [6.07, 6.45) is 0. The van der Waals surface area contributed by atoms with Crippen LogP contribution in [0.5, 0.6) is 0 Å². The maximum Gasteiger partial charge on any atom is 0.333 e. The second kappa shape index (κ2) is 12.4. The Morgan fingerprint density at radius 3 is 1.14 bits per heavy atom. The van der Waals surface area contributed by atoms with Crippen molar-refractivity contribution in [1.29, 1.82) is 0 Å². The molecule has 0 saturated heterocycles. The van der Waals surface area contributed by atoms with E-state index >= 15 is 0 Å². The summed E-state index contributed by atoms with van der Waals surface area (Å²) in [5.74, 6) is 2.02. The van der Waals surface area contributed by atoms with Gasteiger partial charge in [0.1, 0.15) is 22.7 Å². The van der Waals surface area contributed by atoms with E-state index in [1.807, 2.05) is 0 Å². The lowest BCUT2D eigenvalue weighted by atomic mass is 9.28. The predicted molar refractivity (Wildman–Crippen MR) is 294 cm³/mol. The van der Waals surface area contributed by atoms with Gasteiger partial charge in [0.05, 0.1) is 0 Å². The zero-order chi connectivity index (χ0) is 47.3. The molecule has 0 radical (unpaired) electrons. The molecule has 0 bridgehead atoms. The van der Waals surface area contributed by atoms with E-state index in [0.29, 0.717) is 0 Å². The van der Waals surface area contributed by atoms with Crippen molar-refractivity contribution in [3.05, 3.63) is 138 Å². The number of hydrogen-bond donors (Lipinski definition) is 0. The average Bonchev–Trinajstić information content (AvgIpc) is 3.89. The van der Waals surface area contributed by atoms with Crippen LogP contribution in [-0.4, -0.2) is 20.4 Å². The highest BCUT2D eigenvalue weighted by atomic mass is 16.3. The molecular formula is C62H55B3N2O2. The first-order chi connectivity index (χ1) is 32.8. The van der Waals surface area contributed by atoms with E-state index in [1.54, 1.807) is 0 Å². The summed E-state index contributed by atoms with van der Waals surface area (Å²) in [6, 6.07) is 45.2. The Hall–Kier alpha value is -6.59. The molecule has 0 aliphatic carbocycles. The summed E-state index contributed by atoms with van der Waals surface area (Å²) >= 11 is 0. The number of anilines is 4. The largest absolute Gasteiger partial charge is 0.456 e. The van der Waals surface area contributed by atoms with Crippen LogP contribution in [0.4, 0.5) is 22.7 Å². The predicted octanol–water partition coefficient (Wildman–Crippen LogP) is 11.3. The minimum absolute atomic E-state index is 0.0416. The number of furan rings is 2. The van der Waals surface area contributed by atoms with E-state index in [0.717, 1.165) is 22.7 Å². The van der Waals surface area contributed by atoms with Crippen molar-refractivity contribution >= 4 is 103 Å². The van der Waals surface area contributed by atoms with E-state index in [4.69, 9.17) is 8.83 Å². The first kappa shape index (κ1) is 40.3. The molecule has 334 valence electrons. The van der Waals surface area contributed by atoms with Crippen LogP contribution in [0.2, 0.25) is 0 Å². The number of nitrogens with zero attached hydrogens (tertiary/aromatic N) is 2. The molecule has 8 heterocycles. The molecular weight excluding hydrogens is 837 g/mol. The van der Waals surface area contributed by atoms with Crippen molar-refractivity contribution in [3.8, 4) is 44.9 Å². The van der Waals surface area contributed by atoms with Gasteiger partial charge in [-0.25, -0.2) is 0 Å². The van der Waals surface area contributed by atoms with E-state index in [-0.39, 0.29) is 42.1 Å². The van der Waals surface area contributed by atoms with Gasteiger partial charge in [-0.05, 0) is 113 Å². The van der Waals surface area contributed by atoms with Crippen molar-refractivity contribution in [1.82, 2.24) is 0 Å². The molecule has 0 N–H and O–H groups in total. The van der Waals surface area contributed by atoms with Gasteiger partial charge >= 0.3 is 13.7 Å². The molecule has 7 heteroatoms. The lowest BCUT2D eigenvalue weighted by molar-refractivity contribution is 0.589. The van der Waals surface area contributed by atoms with Crippen LogP contribution in [0, 0.1) is 0 Å². The van der Waals surface area contributed by atoms with Crippen LogP contribution in [-0.2, 0) is 21.7 Å². The SMILES string of the molecule is CC(C)(C)c1ccc2c(c1)B1c3c(oc4ccccc34)-c3cc(C(C)(C)C)cc4c3N1c1c-2cc2c3c1B4c1cc(C(C)(C)C)cc4c1N3B(c1cc(C(C)(C)C)ccc1-2)c1c-4oc2ccccc12. The molecule has 6 aliphatic heterocycles. The van der Waals surface area contributed by atoms with Gasteiger partial charge in [-0.15, -0.1) is 0 Å². The van der Waals surface area contributed by atoms with Gasteiger partial charge in [0.15, 0.2) is 0 Å². The first-order valence-electron chi connectivity index (χ1n) is 25.3. The third-order valence-corrected chi connectivity index (χ3v) is 17.0. The molecule has 0 saturated carbocycles. The zero-order valence-electron chi connectivity index (χ0n) is 41.9. The van der Waals surface area contributed by atoms with E-state index < -0.39 is 0 Å². The van der Waals surface area contributed by atoms with Crippen LogP contribution in [0.25, 0.3) is 66.8 Å². The number of para-hydroxylation sites is 2. The summed E-state index contributed by atoms with van der Waals surface area (Å²) in [7, 11) is 0. The van der Waals surface area contributed by atoms with Gasteiger partial charge < -0.3 is 18.5 Å². The number of benzene rings is 7. The molecule has 4 nitrogen and oxygen atoms in total. The van der Waals surface area contributed by atoms with Crippen molar-refractivity contribution < 1.29 is 8.83 Å². The van der Waals surface area contributed by atoms with Gasteiger partial charge in [-0.2, -0.15) is 0 Å². The minimum atomic E-state index is -0.127. The lowest BCUT2D eigenvalue weighted by Crippen LogP contribution is -2.72. The molecule has 0 unspecified atom stereocenters. The number of rotatable bonds is 0. The molecule has 7 aromatic carbocycles. The zero-order valence-corrected chi connectivity index (χ0v) is 41.9. The molecule has 6 aliphatic rings. The van der Waals surface area contributed by atoms with Crippen molar-refractivity contribution in [2.24, 2.45) is 0 Å². The van der Waals surface area contributed by atoms with Gasteiger partial charge in [-0.1, -0.05) is 168 Å². The van der Waals surface area contributed by atoms with Crippen LogP contribution in [0.1, 0.15) is 105 Å². The van der Waals surface area contributed by atoms with E-state index in [9.17, 15) is 0 Å².